The van der Waals surface area contributed by atoms with Gasteiger partial charge in [0.25, 0.3) is 0 Å². The van der Waals surface area contributed by atoms with Crippen molar-refractivity contribution in [1.82, 2.24) is 9.80 Å². The van der Waals surface area contributed by atoms with E-state index < -0.39 is 5.97 Å². The van der Waals surface area contributed by atoms with E-state index in [0.29, 0.717) is 5.76 Å². The van der Waals surface area contributed by atoms with Gasteiger partial charge >= 0.3 is 5.97 Å². The molecule has 2 heterocycles. The molecule has 0 bridgehead atoms. The van der Waals surface area contributed by atoms with Crippen molar-refractivity contribution in [3.63, 3.8) is 0 Å². The summed E-state index contributed by atoms with van der Waals surface area (Å²) in [5.74, 6) is -0.0717. The maximum atomic E-state index is 11.5. The van der Waals surface area contributed by atoms with Crippen molar-refractivity contribution in [2.75, 3.05) is 39.8 Å². The van der Waals surface area contributed by atoms with E-state index in [1.165, 1.54) is 7.11 Å². The predicted molar refractivity (Wildman–Crippen MR) is 67.4 cm³/mol. The highest BCUT2D eigenvalue weighted by atomic mass is 16.5. The second-order valence-electron chi connectivity index (χ2n) is 4.48. The lowest BCUT2D eigenvalue weighted by Crippen LogP contribution is -2.45. The summed E-state index contributed by atoms with van der Waals surface area (Å²) in [5, 5.41) is 0. The zero-order chi connectivity index (χ0) is 13.0. The quantitative estimate of drug-likeness (QED) is 0.754. The minimum atomic E-state index is -0.401. The Morgan fingerprint density at radius 2 is 2.00 bits per heavy atom. The maximum absolute atomic E-state index is 11.5. The molecule has 0 amide bonds. The number of nitrogens with zero attached hydrogens (tertiary/aromatic N) is 2. The third-order valence-corrected chi connectivity index (χ3v) is 3.42. The summed E-state index contributed by atoms with van der Waals surface area (Å²) in [6, 6.07) is 1.85. The molecule has 5 nitrogen and oxygen atoms in total. The number of furan rings is 1. The smallest absolute Gasteiger partial charge is 0.374 e. The molecule has 1 aromatic rings. The first kappa shape index (κ1) is 13.1. The molecule has 1 aromatic heterocycles. The molecule has 1 fully saturated rings. The summed E-state index contributed by atoms with van der Waals surface area (Å²) < 4.78 is 9.89. The average Bonchev–Trinajstić information content (AvgIpc) is 2.87. The van der Waals surface area contributed by atoms with Gasteiger partial charge in [0, 0.05) is 38.3 Å². The highest BCUT2D eigenvalue weighted by molar-refractivity contribution is 5.87. The molecule has 1 aliphatic rings. The standard InChI is InChI=1S/C13H20N2O3/c1-3-14-5-7-15(8-6-14)10-11-4-9-18-12(11)13(16)17-2/h4,9H,3,5-8,10H2,1-2H3. The molecule has 0 saturated carbocycles. The van der Waals surface area contributed by atoms with E-state index in [1.807, 2.05) is 6.07 Å². The van der Waals surface area contributed by atoms with Crippen molar-refractivity contribution in [2.24, 2.45) is 0 Å². The van der Waals surface area contributed by atoms with Crippen molar-refractivity contribution in [3.8, 4) is 0 Å². The molecule has 0 aromatic carbocycles. The van der Waals surface area contributed by atoms with E-state index in [0.717, 1.165) is 44.8 Å². The van der Waals surface area contributed by atoms with E-state index in [-0.39, 0.29) is 0 Å². The Bertz CT molecular complexity index is 395. The Morgan fingerprint density at radius 1 is 1.33 bits per heavy atom. The fourth-order valence-corrected chi connectivity index (χ4v) is 2.24. The van der Waals surface area contributed by atoms with Crippen LogP contribution in [0.1, 0.15) is 23.0 Å². The molecule has 0 radical (unpaired) electrons. The van der Waals surface area contributed by atoms with Crippen molar-refractivity contribution in [3.05, 3.63) is 23.7 Å². The van der Waals surface area contributed by atoms with Gasteiger partial charge in [-0.1, -0.05) is 6.92 Å². The van der Waals surface area contributed by atoms with Gasteiger partial charge in [-0.15, -0.1) is 0 Å². The average molecular weight is 252 g/mol. The van der Waals surface area contributed by atoms with Crippen molar-refractivity contribution in [2.45, 2.75) is 13.5 Å². The van der Waals surface area contributed by atoms with E-state index in [2.05, 4.69) is 16.7 Å². The number of piperazine rings is 1. The zero-order valence-electron chi connectivity index (χ0n) is 11.0. The van der Waals surface area contributed by atoms with Crippen molar-refractivity contribution < 1.29 is 13.9 Å². The van der Waals surface area contributed by atoms with Crippen LogP contribution in [0.15, 0.2) is 16.7 Å². The molecular weight excluding hydrogens is 232 g/mol. The van der Waals surface area contributed by atoms with E-state index in [4.69, 9.17) is 9.15 Å². The van der Waals surface area contributed by atoms with Crippen molar-refractivity contribution >= 4 is 5.97 Å². The Labute approximate surface area is 107 Å². The van der Waals surface area contributed by atoms with E-state index in [9.17, 15) is 4.79 Å². The summed E-state index contributed by atoms with van der Waals surface area (Å²) in [7, 11) is 1.37. The highest BCUT2D eigenvalue weighted by Crippen LogP contribution is 2.15. The number of rotatable bonds is 4. The minimum Gasteiger partial charge on any atom is -0.463 e. The molecule has 0 atom stereocenters. The topological polar surface area (TPSA) is 45.9 Å². The summed E-state index contributed by atoms with van der Waals surface area (Å²) in [5.41, 5.74) is 0.909. The monoisotopic (exact) mass is 252 g/mol. The van der Waals surface area contributed by atoms with Crippen LogP contribution in [-0.2, 0) is 11.3 Å². The summed E-state index contributed by atoms with van der Waals surface area (Å²) in [6.07, 6.45) is 1.55. The fourth-order valence-electron chi connectivity index (χ4n) is 2.24. The van der Waals surface area contributed by atoms with Crippen LogP contribution < -0.4 is 0 Å². The second-order valence-corrected chi connectivity index (χ2v) is 4.48. The largest absolute Gasteiger partial charge is 0.463 e. The van der Waals surface area contributed by atoms with Gasteiger partial charge in [0.05, 0.1) is 13.4 Å². The molecule has 0 aliphatic carbocycles. The zero-order valence-corrected chi connectivity index (χ0v) is 11.0. The van der Waals surface area contributed by atoms with Crippen LogP contribution in [0, 0.1) is 0 Å². The third kappa shape index (κ3) is 2.91. The number of hydrogen-bond donors (Lipinski definition) is 0. The molecule has 1 aliphatic heterocycles. The van der Waals surface area contributed by atoms with Gasteiger partial charge < -0.3 is 14.1 Å². The van der Waals surface area contributed by atoms with E-state index >= 15 is 0 Å². The molecule has 0 N–H and O–H groups in total. The second kappa shape index (κ2) is 6.02. The van der Waals surface area contributed by atoms with Gasteiger partial charge in [0.15, 0.2) is 0 Å². The van der Waals surface area contributed by atoms with Crippen LogP contribution in [0.25, 0.3) is 0 Å². The Kier molecular flexibility index (Phi) is 4.38. The highest BCUT2D eigenvalue weighted by Gasteiger charge is 2.20. The number of esters is 1. The van der Waals surface area contributed by atoms with Crippen molar-refractivity contribution in [1.29, 1.82) is 0 Å². The molecule has 2 rings (SSSR count). The Hall–Kier alpha value is -1.33. The SMILES string of the molecule is CCN1CCN(Cc2ccoc2C(=O)OC)CC1. The normalized spacial score (nSPS) is 17.9. The number of carbonyl (C=O) groups is 1. The van der Waals surface area contributed by atoms with Crippen LogP contribution in [0.2, 0.25) is 0 Å². The Morgan fingerprint density at radius 3 is 2.61 bits per heavy atom. The van der Waals surface area contributed by atoms with Crippen LogP contribution in [-0.4, -0.2) is 55.6 Å². The molecular formula is C13H20N2O3. The third-order valence-electron chi connectivity index (χ3n) is 3.42. The van der Waals surface area contributed by atoms with Gasteiger partial charge in [0.1, 0.15) is 0 Å². The fraction of sp³-hybridized carbons (Fsp3) is 0.615. The van der Waals surface area contributed by atoms with Gasteiger partial charge in [-0.2, -0.15) is 0 Å². The summed E-state index contributed by atoms with van der Waals surface area (Å²) in [6.45, 7) is 8.26. The number of hydrogen-bond acceptors (Lipinski definition) is 5. The lowest BCUT2D eigenvalue weighted by atomic mass is 10.2. The molecule has 18 heavy (non-hydrogen) atoms. The number of likely N-dealkylation sites (N-methyl/N-ethyl adjacent to an activating group) is 1. The summed E-state index contributed by atoms with van der Waals surface area (Å²) in [4.78, 5) is 16.3. The lowest BCUT2D eigenvalue weighted by molar-refractivity contribution is 0.0560. The van der Waals surface area contributed by atoms with Crippen LogP contribution in [0.4, 0.5) is 0 Å². The molecule has 0 unspecified atom stereocenters. The number of methoxy groups -OCH3 is 1. The number of carbonyl (C=O) groups excluding carboxylic acids is 1. The first-order valence-corrected chi connectivity index (χ1v) is 6.34. The van der Waals surface area contributed by atoms with Crippen LogP contribution in [0.5, 0.6) is 0 Å². The predicted octanol–water partition coefficient (Wildman–Crippen LogP) is 1.20. The first-order valence-electron chi connectivity index (χ1n) is 6.34. The number of ether oxygens (including phenoxy) is 1. The molecule has 5 heteroatoms. The minimum absolute atomic E-state index is 0.329. The molecule has 0 spiro atoms. The molecule has 100 valence electrons. The first-order chi connectivity index (χ1) is 8.74. The maximum Gasteiger partial charge on any atom is 0.374 e. The molecule has 1 saturated heterocycles. The van der Waals surface area contributed by atoms with Crippen LogP contribution >= 0.6 is 0 Å². The summed E-state index contributed by atoms with van der Waals surface area (Å²) >= 11 is 0. The Balaban J connectivity index is 1.94. The van der Waals surface area contributed by atoms with Gasteiger partial charge in [-0.25, -0.2) is 4.79 Å². The van der Waals surface area contributed by atoms with E-state index in [1.54, 1.807) is 6.26 Å². The lowest BCUT2D eigenvalue weighted by Gasteiger charge is -2.33. The van der Waals surface area contributed by atoms with Gasteiger partial charge in [0.2, 0.25) is 5.76 Å². The van der Waals surface area contributed by atoms with Gasteiger partial charge in [-0.3, -0.25) is 4.90 Å². The van der Waals surface area contributed by atoms with Gasteiger partial charge in [-0.05, 0) is 12.6 Å². The van der Waals surface area contributed by atoms with Crippen LogP contribution in [0.3, 0.4) is 0 Å².